The van der Waals surface area contributed by atoms with Crippen molar-refractivity contribution in [2.24, 2.45) is 0 Å². The molecule has 2 aromatic heterocycles. The van der Waals surface area contributed by atoms with Gasteiger partial charge in [-0.15, -0.1) is 0 Å². The molecule has 0 aliphatic heterocycles. The number of nitrogens with one attached hydrogen (secondary N) is 2. The molecule has 1 unspecified atom stereocenters. The molecule has 0 aliphatic carbocycles. The molecule has 0 radical (unpaired) electrons. The number of nitrogens with zero attached hydrogens (tertiary/aromatic N) is 3. The van der Waals surface area contributed by atoms with E-state index >= 15 is 0 Å². The number of hydrogen-bond donors (Lipinski definition) is 2. The molecule has 0 aliphatic rings. The van der Waals surface area contributed by atoms with Crippen LogP contribution in [0.2, 0.25) is 0 Å². The maximum atomic E-state index is 13.0. The van der Waals surface area contributed by atoms with Crippen LogP contribution in [0.25, 0.3) is 5.78 Å². The summed E-state index contributed by atoms with van der Waals surface area (Å²) in [6.07, 6.45) is 1.25. The fourth-order valence-corrected chi connectivity index (χ4v) is 3.15. The zero-order valence-corrected chi connectivity index (χ0v) is 15.9. The van der Waals surface area contributed by atoms with Gasteiger partial charge < -0.3 is 10.1 Å². The molecule has 2 aromatic carbocycles. The van der Waals surface area contributed by atoms with E-state index in [0.29, 0.717) is 11.6 Å². The highest BCUT2D eigenvalue weighted by molar-refractivity contribution is 5.94. The van der Waals surface area contributed by atoms with E-state index in [9.17, 15) is 9.59 Å². The summed E-state index contributed by atoms with van der Waals surface area (Å²) in [5, 5.41) is 5.74. The normalized spacial score (nSPS) is 11.9. The van der Waals surface area contributed by atoms with Crippen LogP contribution in [0.3, 0.4) is 0 Å². The minimum Gasteiger partial charge on any atom is -0.497 e. The number of fused-ring (bicyclic) bond motifs is 1. The van der Waals surface area contributed by atoms with Crippen molar-refractivity contribution in [1.82, 2.24) is 24.9 Å². The minimum absolute atomic E-state index is 0.0741. The van der Waals surface area contributed by atoms with Gasteiger partial charge in [-0.1, -0.05) is 42.5 Å². The van der Waals surface area contributed by atoms with Crippen molar-refractivity contribution in [2.75, 3.05) is 7.11 Å². The third-order valence-electron chi connectivity index (χ3n) is 4.56. The van der Waals surface area contributed by atoms with Crippen LogP contribution in [-0.2, 0) is 0 Å². The van der Waals surface area contributed by atoms with Crippen molar-refractivity contribution >= 4 is 11.7 Å². The number of aryl methyl sites for hydroxylation is 1. The summed E-state index contributed by atoms with van der Waals surface area (Å²) in [5.41, 5.74) is 1.12. The number of benzene rings is 2. The monoisotopic (exact) mass is 389 g/mol. The SMILES string of the molecule is COc1cccc(C(NC(=O)c2cnc3nc(C)[nH]n3c2=O)c2ccccc2)c1. The van der Waals surface area contributed by atoms with Gasteiger partial charge in [0.2, 0.25) is 0 Å². The van der Waals surface area contributed by atoms with Gasteiger partial charge in [0.1, 0.15) is 17.1 Å². The van der Waals surface area contributed by atoms with Crippen LogP contribution in [0.1, 0.15) is 33.4 Å². The number of rotatable bonds is 5. The average molecular weight is 389 g/mol. The number of hydrogen-bond acceptors (Lipinski definition) is 5. The van der Waals surface area contributed by atoms with Gasteiger partial charge in [0.05, 0.1) is 13.2 Å². The summed E-state index contributed by atoms with van der Waals surface area (Å²) >= 11 is 0. The molecule has 0 spiro atoms. The summed E-state index contributed by atoms with van der Waals surface area (Å²) in [7, 11) is 1.59. The molecule has 146 valence electrons. The van der Waals surface area contributed by atoms with Gasteiger partial charge in [0, 0.05) is 6.20 Å². The Morgan fingerprint density at radius 2 is 1.90 bits per heavy atom. The lowest BCUT2D eigenvalue weighted by Gasteiger charge is -2.20. The predicted molar refractivity (Wildman–Crippen MR) is 107 cm³/mol. The van der Waals surface area contributed by atoms with Crippen LogP contribution < -0.4 is 15.6 Å². The smallest absolute Gasteiger partial charge is 0.286 e. The third-order valence-corrected chi connectivity index (χ3v) is 4.56. The molecular formula is C21H19N5O3. The lowest BCUT2D eigenvalue weighted by molar-refractivity contribution is 0.0940. The Kier molecular flexibility index (Phi) is 4.82. The van der Waals surface area contributed by atoms with E-state index in [1.54, 1.807) is 14.0 Å². The van der Waals surface area contributed by atoms with E-state index in [4.69, 9.17) is 4.74 Å². The van der Waals surface area contributed by atoms with Gasteiger partial charge in [-0.05, 0) is 30.2 Å². The van der Waals surface area contributed by atoms with Gasteiger partial charge in [0.25, 0.3) is 17.2 Å². The van der Waals surface area contributed by atoms with Gasteiger partial charge in [-0.3, -0.25) is 14.7 Å². The molecule has 4 rings (SSSR count). The molecule has 0 bridgehead atoms. The number of H-pyrrole nitrogens is 1. The second-order valence-corrected chi connectivity index (χ2v) is 6.52. The quantitative estimate of drug-likeness (QED) is 0.545. The number of aromatic nitrogens is 4. The maximum absolute atomic E-state index is 13.0. The summed E-state index contributed by atoms with van der Waals surface area (Å²) in [6.45, 7) is 1.71. The number of methoxy groups -OCH3 is 1. The highest BCUT2D eigenvalue weighted by Crippen LogP contribution is 2.25. The summed E-state index contributed by atoms with van der Waals surface area (Å²) in [5.74, 6) is 0.900. The van der Waals surface area contributed by atoms with Crippen LogP contribution in [0.4, 0.5) is 0 Å². The zero-order valence-electron chi connectivity index (χ0n) is 15.9. The first kappa shape index (κ1) is 18.4. The van der Waals surface area contributed by atoms with Crippen LogP contribution in [0.5, 0.6) is 5.75 Å². The van der Waals surface area contributed by atoms with Crippen LogP contribution in [0, 0.1) is 6.92 Å². The average Bonchev–Trinajstić information content (AvgIpc) is 3.14. The van der Waals surface area contributed by atoms with Crippen molar-refractivity contribution in [3.63, 3.8) is 0 Å². The standard InChI is InChI=1S/C21H19N5O3/c1-13-23-21-22-12-17(20(28)26(21)25-13)19(27)24-18(14-7-4-3-5-8-14)15-9-6-10-16(11-15)29-2/h3-12,18H,1-2H3,(H,24,27)(H,22,23,25). The Balaban J connectivity index is 1.73. The summed E-state index contributed by atoms with van der Waals surface area (Å²) in [4.78, 5) is 33.9. The second kappa shape index (κ2) is 7.59. The van der Waals surface area contributed by atoms with E-state index in [0.717, 1.165) is 15.6 Å². The topological polar surface area (TPSA) is 101 Å². The molecule has 1 amide bonds. The van der Waals surface area contributed by atoms with Gasteiger partial charge in [-0.2, -0.15) is 9.50 Å². The molecule has 29 heavy (non-hydrogen) atoms. The zero-order chi connectivity index (χ0) is 20.4. The van der Waals surface area contributed by atoms with Crippen molar-refractivity contribution in [1.29, 1.82) is 0 Å². The van der Waals surface area contributed by atoms with Crippen LogP contribution >= 0.6 is 0 Å². The van der Waals surface area contributed by atoms with E-state index in [1.165, 1.54) is 6.20 Å². The first-order valence-corrected chi connectivity index (χ1v) is 9.01. The molecule has 2 N–H and O–H groups in total. The van der Waals surface area contributed by atoms with Gasteiger partial charge in [-0.25, -0.2) is 4.98 Å². The van der Waals surface area contributed by atoms with E-state index < -0.39 is 17.5 Å². The van der Waals surface area contributed by atoms with E-state index in [-0.39, 0.29) is 11.3 Å². The van der Waals surface area contributed by atoms with Gasteiger partial charge >= 0.3 is 0 Å². The number of carbonyl (C=O) groups is 1. The van der Waals surface area contributed by atoms with Crippen molar-refractivity contribution < 1.29 is 9.53 Å². The first-order valence-electron chi connectivity index (χ1n) is 9.01. The fraction of sp³-hybridized carbons (Fsp3) is 0.143. The predicted octanol–water partition coefficient (Wildman–Crippen LogP) is 2.25. The minimum atomic E-state index is -0.527. The molecule has 4 aromatic rings. The van der Waals surface area contributed by atoms with Crippen molar-refractivity contribution in [2.45, 2.75) is 13.0 Å². The highest BCUT2D eigenvalue weighted by Gasteiger charge is 2.21. The largest absolute Gasteiger partial charge is 0.497 e. The van der Waals surface area contributed by atoms with E-state index in [1.807, 2.05) is 54.6 Å². The fourth-order valence-electron chi connectivity index (χ4n) is 3.15. The lowest BCUT2D eigenvalue weighted by atomic mass is 9.98. The Morgan fingerprint density at radius 1 is 1.14 bits per heavy atom. The lowest BCUT2D eigenvalue weighted by Crippen LogP contribution is -2.34. The molecule has 0 saturated heterocycles. The number of carbonyl (C=O) groups excluding carboxylic acids is 1. The molecule has 8 heteroatoms. The molecular weight excluding hydrogens is 370 g/mol. The Labute approximate surface area is 166 Å². The Hall–Kier alpha value is -3.94. The Bertz CT molecular complexity index is 1230. The van der Waals surface area contributed by atoms with Gasteiger partial charge in [0.15, 0.2) is 0 Å². The number of aromatic amines is 1. The molecule has 2 heterocycles. The maximum Gasteiger partial charge on any atom is 0.286 e. The third kappa shape index (κ3) is 3.60. The van der Waals surface area contributed by atoms with Crippen LogP contribution in [0.15, 0.2) is 65.6 Å². The van der Waals surface area contributed by atoms with Crippen LogP contribution in [-0.4, -0.2) is 32.6 Å². The Morgan fingerprint density at radius 3 is 2.66 bits per heavy atom. The van der Waals surface area contributed by atoms with Crippen molar-refractivity contribution in [3.05, 3.63) is 93.7 Å². The molecule has 0 saturated carbocycles. The highest BCUT2D eigenvalue weighted by atomic mass is 16.5. The summed E-state index contributed by atoms with van der Waals surface area (Å²) < 4.78 is 6.47. The molecule has 1 atom stereocenters. The number of ether oxygens (including phenoxy) is 1. The first-order chi connectivity index (χ1) is 14.1. The van der Waals surface area contributed by atoms with Crippen molar-refractivity contribution in [3.8, 4) is 5.75 Å². The van der Waals surface area contributed by atoms with E-state index in [2.05, 4.69) is 20.4 Å². The summed E-state index contributed by atoms with van der Waals surface area (Å²) in [6, 6.07) is 16.5. The molecule has 0 fully saturated rings. The second-order valence-electron chi connectivity index (χ2n) is 6.52. The number of amides is 1. The molecule has 8 nitrogen and oxygen atoms in total.